The summed E-state index contributed by atoms with van der Waals surface area (Å²) >= 11 is 5.89. The highest BCUT2D eigenvalue weighted by molar-refractivity contribution is 6.34. The van der Waals surface area contributed by atoms with Gasteiger partial charge in [-0.1, -0.05) is 11.6 Å². The molecular weight excluding hydrogens is 254 g/mol. The van der Waals surface area contributed by atoms with Crippen molar-refractivity contribution in [3.63, 3.8) is 0 Å². The van der Waals surface area contributed by atoms with Gasteiger partial charge < -0.3 is 11.1 Å². The summed E-state index contributed by atoms with van der Waals surface area (Å²) in [6, 6.07) is 3.07. The number of rotatable bonds is 3. The summed E-state index contributed by atoms with van der Waals surface area (Å²) < 4.78 is 1.70. The van der Waals surface area contributed by atoms with E-state index < -0.39 is 5.91 Å². The van der Waals surface area contributed by atoms with Crippen LogP contribution in [0.25, 0.3) is 0 Å². The number of amides is 1. The molecule has 0 fully saturated rings. The van der Waals surface area contributed by atoms with E-state index in [9.17, 15) is 4.79 Å². The van der Waals surface area contributed by atoms with E-state index in [1.807, 2.05) is 6.92 Å². The Kier molecular flexibility index (Phi) is 3.47. The molecule has 0 aliphatic carbocycles. The van der Waals surface area contributed by atoms with Crippen molar-refractivity contribution in [1.82, 2.24) is 14.8 Å². The molecule has 2 rings (SSSR count). The first-order valence-electron chi connectivity index (χ1n) is 5.36. The van der Waals surface area contributed by atoms with Crippen molar-refractivity contribution in [2.75, 3.05) is 11.1 Å². The van der Waals surface area contributed by atoms with Crippen molar-refractivity contribution in [2.45, 2.75) is 13.5 Å². The zero-order valence-electron chi connectivity index (χ0n) is 9.72. The van der Waals surface area contributed by atoms with Gasteiger partial charge in [-0.05, 0) is 19.1 Å². The largest absolute Gasteiger partial charge is 0.384 e. The van der Waals surface area contributed by atoms with Crippen molar-refractivity contribution in [3.8, 4) is 0 Å². The second-order valence-electron chi connectivity index (χ2n) is 3.61. The van der Waals surface area contributed by atoms with E-state index in [2.05, 4.69) is 15.4 Å². The van der Waals surface area contributed by atoms with Gasteiger partial charge in [-0.25, -0.2) is 4.98 Å². The minimum Gasteiger partial charge on any atom is -0.384 e. The number of hydrogen-bond donors (Lipinski definition) is 2. The maximum Gasteiger partial charge on any atom is 0.275 e. The van der Waals surface area contributed by atoms with E-state index >= 15 is 0 Å². The number of pyridine rings is 1. The van der Waals surface area contributed by atoms with Crippen LogP contribution in [0.4, 0.5) is 11.5 Å². The third kappa shape index (κ3) is 2.60. The lowest BCUT2D eigenvalue weighted by Crippen LogP contribution is -2.14. The molecule has 0 unspecified atom stereocenters. The number of carbonyl (C=O) groups excluding carboxylic acids is 1. The Morgan fingerprint density at radius 1 is 1.56 bits per heavy atom. The Balaban J connectivity index is 2.19. The molecule has 0 radical (unpaired) electrons. The fourth-order valence-corrected chi connectivity index (χ4v) is 1.60. The third-order valence-corrected chi connectivity index (χ3v) is 2.60. The van der Waals surface area contributed by atoms with Crippen LogP contribution in [0.15, 0.2) is 24.5 Å². The van der Waals surface area contributed by atoms with Crippen molar-refractivity contribution in [1.29, 1.82) is 0 Å². The first-order chi connectivity index (χ1) is 8.60. The maximum atomic E-state index is 11.9. The lowest BCUT2D eigenvalue weighted by molar-refractivity contribution is 0.102. The van der Waals surface area contributed by atoms with E-state index in [4.69, 9.17) is 17.3 Å². The quantitative estimate of drug-likeness (QED) is 0.886. The molecule has 0 aliphatic rings. The zero-order chi connectivity index (χ0) is 13.1. The van der Waals surface area contributed by atoms with E-state index in [0.29, 0.717) is 5.69 Å². The van der Waals surface area contributed by atoms with Crippen LogP contribution in [-0.2, 0) is 6.54 Å². The Hall–Kier alpha value is -2.08. The lowest BCUT2D eigenvalue weighted by Gasteiger charge is -2.04. The fraction of sp³-hybridized carbons (Fsp3) is 0.182. The van der Waals surface area contributed by atoms with Gasteiger partial charge in [0.15, 0.2) is 0 Å². The van der Waals surface area contributed by atoms with Crippen molar-refractivity contribution in [2.24, 2.45) is 0 Å². The normalized spacial score (nSPS) is 10.3. The summed E-state index contributed by atoms with van der Waals surface area (Å²) in [4.78, 5) is 15.8. The minimum absolute atomic E-state index is 0.0981. The molecule has 0 spiro atoms. The van der Waals surface area contributed by atoms with Crippen LogP contribution in [-0.4, -0.2) is 20.7 Å². The molecule has 94 valence electrons. The van der Waals surface area contributed by atoms with Crippen LogP contribution >= 0.6 is 11.6 Å². The summed E-state index contributed by atoms with van der Waals surface area (Å²) in [7, 11) is 0. The molecule has 2 aromatic heterocycles. The maximum absolute atomic E-state index is 11.9. The van der Waals surface area contributed by atoms with Crippen molar-refractivity contribution < 1.29 is 4.79 Å². The first-order valence-corrected chi connectivity index (χ1v) is 5.73. The highest BCUT2D eigenvalue weighted by Crippen LogP contribution is 2.17. The van der Waals surface area contributed by atoms with Crippen molar-refractivity contribution >= 4 is 29.0 Å². The SMILES string of the molecule is CCn1cc(NC(=O)c2nc(N)ccc2Cl)cn1. The average molecular weight is 266 g/mol. The molecule has 18 heavy (non-hydrogen) atoms. The Morgan fingerprint density at radius 3 is 3.00 bits per heavy atom. The van der Waals surface area contributed by atoms with E-state index in [0.717, 1.165) is 6.54 Å². The second-order valence-corrected chi connectivity index (χ2v) is 4.01. The molecule has 3 N–H and O–H groups in total. The molecule has 2 heterocycles. The summed E-state index contributed by atoms with van der Waals surface area (Å²) in [5.41, 5.74) is 6.20. The topological polar surface area (TPSA) is 85.8 Å². The molecule has 0 bridgehead atoms. The van der Waals surface area contributed by atoms with Gasteiger partial charge in [-0.15, -0.1) is 0 Å². The minimum atomic E-state index is -0.414. The molecule has 7 heteroatoms. The van der Waals surface area contributed by atoms with Gasteiger partial charge in [0.2, 0.25) is 0 Å². The molecule has 0 aromatic carbocycles. The predicted molar refractivity (Wildman–Crippen MR) is 69.5 cm³/mol. The van der Waals surface area contributed by atoms with Crippen LogP contribution in [0, 0.1) is 0 Å². The van der Waals surface area contributed by atoms with Crippen LogP contribution in [0.2, 0.25) is 5.02 Å². The predicted octanol–water partition coefficient (Wildman–Crippen LogP) is 1.79. The van der Waals surface area contributed by atoms with E-state index in [-0.39, 0.29) is 16.5 Å². The highest BCUT2D eigenvalue weighted by Gasteiger charge is 2.13. The van der Waals surface area contributed by atoms with Gasteiger partial charge in [0.25, 0.3) is 5.91 Å². The molecule has 6 nitrogen and oxygen atoms in total. The van der Waals surface area contributed by atoms with Gasteiger partial charge in [0, 0.05) is 12.7 Å². The van der Waals surface area contributed by atoms with Gasteiger partial charge in [0.1, 0.15) is 11.5 Å². The number of nitrogen functional groups attached to an aromatic ring is 1. The van der Waals surface area contributed by atoms with E-state index in [1.54, 1.807) is 17.1 Å². The van der Waals surface area contributed by atoms with Gasteiger partial charge >= 0.3 is 0 Å². The number of nitrogens with one attached hydrogen (secondary N) is 1. The molecule has 2 aromatic rings. The Bertz CT molecular complexity index is 581. The van der Waals surface area contributed by atoms with Crippen LogP contribution in [0.3, 0.4) is 0 Å². The number of nitrogens with two attached hydrogens (primary N) is 1. The van der Waals surface area contributed by atoms with Crippen LogP contribution in [0.1, 0.15) is 17.4 Å². The monoisotopic (exact) mass is 265 g/mol. The highest BCUT2D eigenvalue weighted by atomic mass is 35.5. The lowest BCUT2D eigenvalue weighted by atomic mass is 10.3. The average Bonchev–Trinajstić information content (AvgIpc) is 2.80. The number of anilines is 2. The zero-order valence-corrected chi connectivity index (χ0v) is 10.5. The van der Waals surface area contributed by atoms with Crippen molar-refractivity contribution in [3.05, 3.63) is 35.2 Å². The van der Waals surface area contributed by atoms with Crippen LogP contribution in [0.5, 0.6) is 0 Å². The number of carbonyl (C=O) groups is 1. The first kappa shape index (κ1) is 12.4. The summed E-state index contributed by atoms with van der Waals surface area (Å²) in [5.74, 6) is -0.170. The molecule has 0 saturated carbocycles. The van der Waals surface area contributed by atoms with Gasteiger partial charge in [-0.3, -0.25) is 9.48 Å². The summed E-state index contributed by atoms with van der Waals surface area (Å²) in [6.45, 7) is 2.68. The standard InChI is InChI=1S/C11H12ClN5O/c1-2-17-6-7(5-14-17)15-11(18)10-8(12)3-4-9(13)16-10/h3-6H,2H2,1H3,(H2,13,16)(H,15,18). The summed E-state index contributed by atoms with van der Waals surface area (Å²) in [5, 5.41) is 6.96. The molecular formula is C11H12ClN5O. The van der Waals surface area contributed by atoms with E-state index in [1.165, 1.54) is 12.1 Å². The van der Waals surface area contributed by atoms with Gasteiger partial charge in [-0.2, -0.15) is 5.10 Å². The molecule has 1 amide bonds. The number of hydrogen-bond acceptors (Lipinski definition) is 4. The Morgan fingerprint density at radius 2 is 2.33 bits per heavy atom. The Labute approximate surface area is 109 Å². The summed E-state index contributed by atoms with van der Waals surface area (Å²) in [6.07, 6.45) is 3.28. The number of halogens is 1. The molecule has 0 saturated heterocycles. The number of aryl methyl sites for hydroxylation is 1. The fourth-order valence-electron chi connectivity index (χ4n) is 1.41. The number of nitrogens with zero attached hydrogens (tertiary/aromatic N) is 3. The van der Waals surface area contributed by atoms with Gasteiger partial charge in [0.05, 0.1) is 16.9 Å². The smallest absolute Gasteiger partial charge is 0.275 e. The molecule has 0 aliphatic heterocycles. The third-order valence-electron chi connectivity index (χ3n) is 2.30. The molecule has 0 atom stereocenters. The van der Waals surface area contributed by atoms with Crippen LogP contribution < -0.4 is 11.1 Å². The number of aromatic nitrogens is 3. The second kappa shape index (κ2) is 5.05.